The van der Waals surface area contributed by atoms with Gasteiger partial charge in [-0.3, -0.25) is 4.90 Å². The molecular weight excluding hydrogens is 208 g/mol. The van der Waals surface area contributed by atoms with Crippen LogP contribution < -0.4 is 5.32 Å². The Kier molecular flexibility index (Phi) is 4.87. The Labute approximate surface area is 107 Å². The number of nitrogens with zero attached hydrogens (tertiary/aromatic N) is 1. The molecule has 1 saturated carbocycles. The van der Waals surface area contributed by atoms with Gasteiger partial charge in [-0.15, -0.1) is 0 Å². The van der Waals surface area contributed by atoms with Crippen molar-refractivity contribution < 1.29 is 0 Å². The molecule has 0 aromatic heterocycles. The summed E-state index contributed by atoms with van der Waals surface area (Å²) in [5, 5.41) is 3.77. The number of rotatable bonds is 3. The van der Waals surface area contributed by atoms with E-state index < -0.39 is 0 Å². The second-order valence-electron chi connectivity index (χ2n) is 6.03. The molecule has 2 aliphatic rings. The van der Waals surface area contributed by atoms with E-state index >= 15 is 0 Å². The van der Waals surface area contributed by atoms with E-state index in [2.05, 4.69) is 24.1 Å². The van der Waals surface area contributed by atoms with E-state index in [0.29, 0.717) is 5.54 Å². The Morgan fingerprint density at radius 3 is 2.29 bits per heavy atom. The Morgan fingerprint density at radius 1 is 1.06 bits per heavy atom. The maximum absolute atomic E-state index is 3.77. The minimum Gasteiger partial charge on any atom is -0.309 e. The first kappa shape index (κ1) is 13.4. The van der Waals surface area contributed by atoms with Gasteiger partial charge in [0.25, 0.3) is 0 Å². The van der Waals surface area contributed by atoms with Gasteiger partial charge in [0.15, 0.2) is 0 Å². The molecule has 0 bridgehead atoms. The summed E-state index contributed by atoms with van der Waals surface area (Å²) in [6, 6.07) is 0.886. The van der Waals surface area contributed by atoms with Crippen LogP contribution in [0.15, 0.2) is 0 Å². The summed E-state index contributed by atoms with van der Waals surface area (Å²) in [6.07, 6.45) is 11.3. The van der Waals surface area contributed by atoms with Crippen LogP contribution in [0.25, 0.3) is 0 Å². The summed E-state index contributed by atoms with van der Waals surface area (Å²) in [5.41, 5.74) is 0.407. The van der Waals surface area contributed by atoms with Gasteiger partial charge in [0.05, 0.1) is 0 Å². The van der Waals surface area contributed by atoms with Gasteiger partial charge in [0, 0.05) is 31.2 Å². The van der Waals surface area contributed by atoms with Gasteiger partial charge in [-0.2, -0.15) is 0 Å². The Morgan fingerprint density at radius 2 is 1.71 bits per heavy atom. The highest BCUT2D eigenvalue weighted by atomic mass is 15.2. The summed E-state index contributed by atoms with van der Waals surface area (Å²) in [7, 11) is 0. The van der Waals surface area contributed by atoms with Crippen LogP contribution in [0.5, 0.6) is 0 Å². The van der Waals surface area contributed by atoms with Crippen LogP contribution in [0.2, 0.25) is 0 Å². The normalized spacial score (nSPS) is 27.9. The molecule has 0 spiro atoms. The topological polar surface area (TPSA) is 15.3 Å². The maximum atomic E-state index is 3.77. The monoisotopic (exact) mass is 238 g/mol. The van der Waals surface area contributed by atoms with Crippen molar-refractivity contribution in [1.82, 2.24) is 10.2 Å². The molecule has 0 unspecified atom stereocenters. The molecule has 1 heterocycles. The zero-order chi connectivity index (χ0) is 12.1. The maximum Gasteiger partial charge on any atom is 0.0304 e. The lowest BCUT2D eigenvalue weighted by molar-refractivity contribution is 0.0787. The fraction of sp³-hybridized carbons (Fsp3) is 1.00. The van der Waals surface area contributed by atoms with Gasteiger partial charge < -0.3 is 5.32 Å². The van der Waals surface area contributed by atoms with Crippen molar-refractivity contribution in [2.75, 3.05) is 19.6 Å². The minimum atomic E-state index is 0.407. The molecule has 1 aliphatic heterocycles. The molecule has 0 aromatic carbocycles. The van der Waals surface area contributed by atoms with Crippen LogP contribution in [0.3, 0.4) is 0 Å². The molecule has 0 aromatic rings. The summed E-state index contributed by atoms with van der Waals surface area (Å²) >= 11 is 0. The van der Waals surface area contributed by atoms with Crippen LogP contribution in [0.1, 0.15) is 65.2 Å². The lowest BCUT2D eigenvalue weighted by atomic mass is 9.89. The number of hydrogen-bond acceptors (Lipinski definition) is 2. The van der Waals surface area contributed by atoms with Crippen molar-refractivity contribution in [3.05, 3.63) is 0 Å². The Hall–Kier alpha value is -0.0800. The smallest absolute Gasteiger partial charge is 0.0304 e. The van der Waals surface area contributed by atoms with Crippen molar-refractivity contribution >= 4 is 0 Å². The van der Waals surface area contributed by atoms with Crippen LogP contribution in [-0.4, -0.2) is 36.1 Å². The van der Waals surface area contributed by atoms with Crippen LogP contribution in [0.4, 0.5) is 0 Å². The quantitative estimate of drug-likeness (QED) is 0.760. The van der Waals surface area contributed by atoms with Gasteiger partial charge >= 0.3 is 0 Å². The van der Waals surface area contributed by atoms with Crippen molar-refractivity contribution in [3.8, 4) is 0 Å². The third-order valence-electron chi connectivity index (χ3n) is 5.10. The van der Waals surface area contributed by atoms with Gasteiger partial charge in [0.1, 0.15) is 0 Å². The van der Waals surface area contributed by atoms with Gasteiger partial charge in [-0.25, -0.2) is 0 Å². The molecule has 100 valence electrons. The highest BCUT2D eigenvalue weighted by Crippen LogP contribution is 2.27. The molecule has 2 rings (SSSR count). The van der Waals surface area contributed by atoms with Crippen molar-refractivity contribution in [2.24, 2.45) is 0 Å². The van der Waals surface area contributed by atoms with Gasteiger partial charge in [-0.1, -0.05) is 39.5 Å². The predicted molar refractivity (Wildman–Crippen MR) is 74.4 cm³/mol. The first-order valence-electron chi connectivity index (χ1n) is 7.79. The van der Waals surface area contributed by atoms with E-state index in [9.17, 15) is 0 Å². The summed E-state index contributed by atoms with van der Waals surface area (Å²) in [4.78, 5) is 2.80. The third kappa shape index (κ3) is 3.23. The zero-order valence-electron chi connectivity index (χ0n) is 11.8. The van der Waals surface area contributed by atoms with E-state index in [1.165, 1.54) is 71.0 Å². The second kappa shape index (κ2) is 6.19. The summed E-state index contributed by atoms with van der Waals surface area (Å²) < 4.78 is 0. The molecule has 1 N–H and O–H groups in total. The number of hydrogen-bond donors (Lipinski definition) is 1. The number of nitrogens with one attached hydrogen (secondary N) is 1. The van der Waals surface area contributed by atoms with E-state index in [-0.39, 0.29) is 0 Å². The lowest BCUT2D eigenvalue weighted by Gasteiger charge is -2.46. The van der Waals surface area contributed by atoms with Crippen LogP contribution >= 0.6 is 0 Å². The highest BCUT2D eigenvalue weighted by molar-refractivity contribution is 4.94. The van der Waals surface area contributed by atoms with Gasteiger partial charge in [0.2, 0.25) is 0 Å². The molecule has 1 aliphatic carbocycles. The van der Waals surface area contributed by atoms with Gasteiger partial charge in [-0.05, 0) is 25.7 Å². The molecule has 0 radical (unpaired) electrons. The first-order chi connectivity index (χ1) is 8.29. The molecule has 2 nitrogen and oxygen atoms in total. The standard InChI is InChI=1S/C15H30N2/c1-3-15(4-2)13-17(12-11-16-15)14-9-7-5-6-8-10-14/h14,16H,3-13H2,1-2H3. The Balaban J connectivity index is 1.95. The highest BCUT2D eigenvalue weighted by Gasteiger charge is 2.34. The summed E-state index contributed by atoms with van der Waals surface area (Å²) in [6.45, 7) is 8.43. The fourth-order valence-corrected chi connectivity index (χ4v) is 3.65. The average Bonchev–Trinajstić information content (AvgIpc) is 2.67. The van der Waals surface area contributed by atoms with E-state index in [4.69, 9.17) is 0 Å². The van der Waals surface area contributed by atoms with Crippen molar-refractivity contribution in [2.45, 2.75) is 76.8 Å². The Bertz CT molecular complexity index is 215. The van der Waals surface area contributed by atoms with Crippen LogP contribution in [-0.2, 0) is 0 Å². The first-order valence-corrected chi connectivity index (χ1v) is 7.79. The number of piperazine rings is 1. The molecular formula is C15H30N2. The van der Waals surface area contributed by atoms with Crippen molar-refractivity contribution in [1.29, 1.82) is 0 Å². The van der Waals surface area contributed by atoms with Crippen molar-refractivity contribution in [3.63, 3.8) is 0 Å². The zero-order valence-corrected chi connectivity index (χ0v) is 11.8. The fourth-order valence-electron chi connectivity index (χ4n) is 3.65. The molecule has 17 heavy (non-hydrogen) atoms. The molecule has 1 saturated heterocycles. The SMILES string of the molecule is CCC1(CC)CN(C2CCCCCC2)CCN1. The summed E-state index contributed by atoms with van der Waals surface area (Å²) in [5.74, 6) is 0. The van der Waals surface area contributed by atoms with E-state index in [1.807, 2.05) is 0 Å². The predicted octanol–water partition coefficient (Wildman–Crippen LogP) is 3.17. The van der Waals surface area contributed by atoms with E-state index in [1.54, 1.807) is 0 Å². The molecule has 0 amide bonds. The average molecular weight is 238 g/mol. The van der Waals surface area contributed by atoms with Crippen LogP contribution in [0, 0.1) is 0 Å². The molecule has 2 heteroatoms. The molecule has 0 atom stereocenters. The lowest BCUT2D eigenvalue weighted by Crippen LogP contribution is -2.61. The third-order valence-corrected chi connectivity index (χ3v) is 5.10. The second-order valence-corrected chi connectivity index (χ2v) is 6.03. The molecule has 2 fully saturated rings. The largest absolute Gasteiger partial charge is 0.309 e. The minimum absolute atomic E-state index is 0.407. The van der Waals surface area contributed by atoms with E-state index in [0.717, 1.165) is 6.04 Å².